The summed E-state index contributed by atoms with van der Waals surface area (Å²) in [5.41, 5.74) is 3.03. The summed E-state index contributed by atoms with van der Waals surface area (Å²) < 4.78 is 15.0. The van der Waals surface area contributed by atoms with E-state index in [2.05, 4.69) is 15.1 Å². The highest BCUT2D eigenvalue weighted by Gasteiger charge is 2.25. The maximum Gasteiger partial charge on any atom is 0.253 e. The van der Waals surface area contributed by atoms with Crippen molar-refractivity contribution in [3.63, 3.8) is 0 Å². The zero-order valence-electron chi connectivity index (χ0n) is 15.0. The third kappa shape index (κ3) is 2.74. The third-order valence-electron chi connectivity index (χ3n) is 5.07. The average molecular weight is 376 g/mol. The number of amides is 1. The molecule has 0 bridgehead atoms. The molecule has 5 rings (SSSR count). The van der Waals surface area contributed by atoms with Gasteiger partial charge in [-0.05, 0) is 36.4 Å². The highest BCUT2D eigenvalue weighted by molar-refractivity contribution is 5.94. The van der Waals surface area contributed by atoms with Gasteiger partial charge in [-0.25, -0.2) is 9.37 Å². The van der Waals surface area contributed by atoms with Gasteiger partial charge in [0, 0.05) is 31.7 Å². The van der Waals surface area contributed by atoms with Crippen LogP contribution in [0.1, 0.15) is 10.4 Å². The van der Waals surface area contributed by atoms with Gasteiger partial charge in [0.1, 0.15) is 12.1 Å². The summed E-state index contributed by atoms with van der Waals surface area (Å²) in [6.45, 7) is 2.40. The van der Waals surface area contributed by atoms with E-state index in [0.717, 1.165) is 16.9 Å². The van der Waals surface area contributed by atoms with Crippen LogP contribution >= 0.6 is 0 Å². The van der Waals surface area contributed by atoms with Crippen molar-refractivity contribution in [3.05, 3.63) is 66.2 Å². The molecule has 2 aromatic carbocycles. The first-order valence-electron chi connectivity index (χ1n) is 9.09. The smallest absolute Gasteiger partial charge is 0.253 e. The molecule has 0 N–H and O–H groups in total. The molecule has 0 atom stereocenters. The third-order valence-corrected chi connectivity index (χ3v) is 5.07. The summed E-state index contributed by atoms with van der Waals surface area (Å²) in [4.78, 5) is 21.4. The number of hydrogen-bond donors (Lipinski definition) is 0. The van der Waals surface area contributed by atoms with E-state index >= 15 is 0 Å². The number of benzene rings is 2. The van der Waals surface area contributed by atoms with Gasteiger partial charge in [-0.1, -0.05) is 12.1 Å². The Kier molecular flexibility index (Phi) is 3.89. The van der Waals surface area contributed by atoms with Crippen molar-refractivity contribution in [3.8, 4) is 0 Å². The van der Waals surface area contributed by atoms with Gasteiger partial charge in [0.15, 0.2) is 5.82 Å². The van der Waals surface area contributed by atoms with Crippen LogP contribution in [0.15, 0.2) is 54.9 Å². The van der Waals surface area contributed by atoms with Gasteiger partial charge in [-0.2, -0.15) is 0 Å². The van der Waals surface area contributed by atoms with E-state index in [0.29, 0.717) is 37.4 Å². The van der Waals surface area contributed by atoms with Gasteiger partial charge in [0.2, 0.25) is 5.65 Å². The Hall–Kier alpha value is -3.55. The molecular formula is C20H17FN6O. The molecule has 7 nitrogen and oxygen atoms in total. The fourth-order valence-electron chi connectivity index (χ4n) is 3.60. The van der Waals surface area contributed by atoms with Crippen LogP contribution < -0.4 is 4.90 Å². The van der Waals surface area contributed by atoms with Crippen molar-refractivity contribution in [1.29, 1.82) is 0 Å². The topological polar surface area (TPSA) is 66.6 Å². The number of carbonyl (C=O) groups is 1. The maximum atomic E-state index is 13.1. The average Bonchev–Trinajstić information content (AvgIpc) is 3.24. The molecule has 1 fully saturated rings. The number of halogens is 1. The van der Waals surface area contributed by atoms with Crippen molar-refractivity contribution in [2.75, 3.05) is 31.1 Å². The molecule has 1 aliphatic rings. The van der Waals surface area contributed by atoms with Gasteiger partial charge in [0.25, 0.3) is 5.91 Å². The molecule has 0 saturated carbocycles. The monoisotopic (exact) mass is 376 g/mol. The summed E-state index contributed by atoms with van der Waals surface area (Å²) in [6, 6.07) is 13.5. The SMILES string of the molecule is O=C(c1ccc(F)cc1)N1CCN(c2nc3ccccc3n3cnnc23)CC1. The molecular weight excluding hydrogens is 359 g/mol. The Bertz CT molecular complexity index is 1160. The Morgan fingerprint density at radius 3 is 2.50 bits per heavy atom. The zero-order valence-corrected chi connectivity index (χ0v) is 15.0. The lowest BCUT2D eigenvalue weighted by atomic mass is 10.2. The zero-order chi connectivity index (χ0) is 19.1. The van der Waals surface area contributed by atoms with Gasteiger partial charge in [-0.15, -0.1) is 10.2 Å². The van der Waals surface area contributed by atoms with Gasteiger partial charge in [-0.3, -0.25) is 9.20 Å². The van der Waals surface area contributed by atoms with E-state index in [1.54, 1.807) is 11.2 Å². The number of fused-ring (bicyclic) bond motifs is 3. The summed E-state index contributed by atoms with van der Waals surface area (Å²) in [7, 11) is 0. The summed E-state index contributed by atoms with van der Waals surface area (Å²) in [6.07, 6.45) is 1.69. The van der Waals surface area contributed by atoms with E-state index in [1.165, 1.54) is 24.3 Å². The molecule has 0 spiro atoms. The molecule has 0 radical (unpaired) electrons. The Morgan fingerprint density at radius 2 is 1.71 bits per heavy atom. The maximum absolute atomic E-state index is 13.1. The second-order valence-electron chi connectivity index (χ2n) is 6.73. The number of anilines is 1. The van der Waals surface area contributed by atoms with Crippen LogP contribution in [0.5, 0.6) is 0 Å². The van der Waals surface area contributed by atoms with Crippen molar-refractivity contribution in [1.82, 2.24) is 24.5 Å². The van der Waals surface area contributed by atoms with Gasteiger partial charge >= 0.3 is 0 Å². The molecule has 28 heavy (non-hydrogen) atoms. The predicted molar refractivity (Wildman–Crippen MR) is 103 cm³/mol. The van der Waals surface area contributed by atoms with Crippen LogP contribution in [0.25, 0.3) is 16.7 Å². The van der Waals surface area contributed by atoms with E-state index in [9.17, 15) is 9.18 Å². The van der Waals surface area contributed by atoms with Crippen LogP contribution in [0, 0.1) is 5.82 Å². The van der Waals surface area contributed by atoms with Crippen LogP contribution in [0.4, 0.5) is 10.2 Å². The predicted octanol–water partition coefficient (Wildman–Crippen LogP) is 2.38. The van der Waals surface area contributed by atoms with E-state index in [4.69, 9.17) is 4.98 Å². The molecule has 3 heterocycles. The number of piperazine rings is 1. The number of aromatic nitrogens is 4. The number of hydrogen-bond acceptors (Lipinski definition) is 5. The first kappa shape index (κ1) is 16.6. The van der Waals surface area contributed by atoms with E-state index in [-0.39, 0.29) is 11.7 Å². The normalized spacial score (nSPS) is 14.8. The number of carbonyl (C=O) groups excluding carboxylic acids is 1. The van der Waals surface area contributed by atoms with E-state index in [1.807, 2.05) is 28.7 Å². The van der Waals surface area contributed by atoms with Crippen molar-refractivity contribution in [2.45, 2.75) is 0 Å². The Morgan fingerprint density at radius 1 is 0.964 bits per heavy atom. The largest absolute Gasteiger partial charge is 0.350 e. The minimum atomic E-state index is -0.346. The summed E-state index contributed by atoms with van der Waals surface area (Å²) in [5, 5.41) is 8.29. The second-order valence-corrected chi connectivity index (χ2v) is 6.73. The lowest BCUT2D eigenvalue weighted by molar-refractivity contribution is 0.0746. The van der Waals surface area contributed by atoms with Gasteiger partial charge in [0.05, 0.1) is 11.0 Å². The minimum Gasteiger partial charge on any atom is -0.350 e. The van der Waals surface area contributed by atoms with E-state index < -0.39 is 0 Å². The quantitative estimate of drug-likeness (QED) is 0.537. The number of para-hydroxylation sites is 2. The Labute approximate surface area is 160 Å². The van der Waals surface area contributed by atoms with Crippen molar-refractivity contribution >= 4 is 28.4 Å². The van der Waals surface area contributed by atoms with Crippen LogP contribution in [0.2, 0.25) is 0 Å². The molecule has 140 valence electrons. The van der Waals surface area contributed by atoms with Crippen LogP contribution in [-0.2, 0) is 0 Å². The van der Waals surface area contributed by atoms with Crippen LogP contribution in [0.3, 0.4) is 0 Å². The lowest BCUT2D eigenvalue weighted by Gasteiger charge is -2.35. The van der Waals surface area contributed by atoms with Crippen LogP contribution in [-0.4, -0.2) is 56.6 Å². The highest BCUT2D eigenvalue weighted by Crippen LogP contribution is 2.24. The second kappa shape index (κ2) is 6.56. The van der Waals surface area contributed by atoms with Crippen molar-refractivity contribution < 1.29 is 9.18 Å². The lowest BCUT2D eigenvalue weighted by Crippen LogP contribution is -2.49. The first-order chi connectivity index (χ1) is 13.7. The van der Waals surface area contributed by atoms with Crippen molar-refractivity contribution in [2.24, 2.45) is 0 Å². The molecule has 8 heteroatoms. The molecule has 0 aliphatic carbocycles. The molecule has 0 unspecified atom stereocenters. The Balaban J connectivity index is 1.40. The molecule has 4 aromatic rings. The fraction of sp³-hybridized carbons (Fsp3) is 0.200. The highest BCUT2D eigenvalue weighted by atomic mass is 19.1. The minimum absolute atomic E-state index is 0.0845. The molecule has 2 aromatic heterocycles. The number of rotatable bonds is 2. The number of nitrogens with zero attached hydrogens (tertiary/aromatic N) is 6. The summed E-state index contributed by atoms with van der Waals surface area (Å²) >= 11 is 0. The first-order valence-corrected chi connectivity index (χ1v) is 9.09. The molecule has 1 amide bonds. The van der Waals surface area contributed by atoms with Gasteiger partial charge < -0.3 is 9.80 Å². The molecule has 1 aliphatic heterocycles. The standard InChI is InChI=1S/C20H17FN6O/c21-15-7-5-14(6-8-15)20(28)26-11-9-25(10-12-26)18-19-24-22-13-27(19)17-4-2-1-3-16(17)23-18/h1-8,13H,9-12H2. The molecule has 1 saturated heterocycles. The summed E-state index contributed by atoms with van der Waals surface area (Å²) in [5.74, 6) is 0.338. The fourth-order valence-corrected chi connectivity index (χ4v) is 3.60.